The van der Waals surface area contributed by atoms with Crippen molar-refractivity contribution in [2.75, 3.05) is 13.1 Å². The van der Waals surface area contributed by atoms with Crippen LogP contribution in [0.15, 0.2) is 54.6 Å². The summed E-state index contributed by atoms with van der Waals surface area (Å²) in [5.74, 6) is 0.918. The van der Waals surface area contributed by atoms with Gasteiger partial charge in [0.1, 0.15) is 11.9 Å². The molecule has 1 fully saturated rings. The highest BCUT2D eigenvalue weighted by Crippen LogP contribution is 2.21. The summed E-state index contributed by atoms with van der Waals surface area (Å²) in [5, 5.41) is 0.750. The molecule has 2 nitrogen and oxygen atoms in total. The van der Waals surface area contributed by atoms with Crippen LogP contribution in [0.1, 0.15) is 18.4 Å². The molecule has 3 heteroatoms. The first-order chi connectivity index (χ1) is 10.3. The minimum absolute atomic E-state index is 0.318. The molecule has 1 aliphatic rings. The normalized spacial score (nSPS) is 16.8. The largest absolute Gasteiger partial charge is 0.490 e. The van der Waals surface area contributed by atoms with Crippen LogP contribution in [0.5, 0.6) is 5.75 Å². The van der Waals surface area contributed by atoms with Crippen LogP contribution in [0.3, 0.4) is 0 Å². The van der Waals surface area contributed by atoms with Crippen LogP contribution in [0.2, 0.25) is 5.02 Å². The Kier molecular flexibility index (Phi) is 4.79. The van der Waals surface area contributed by atoms with Gasteiger partial charge in [0, 0.05) is 24.7 Å². The summed E-state index contributed by atoms with van der Waals surface area (Å²) in [6, 6.07) is 18.3. The molecular weight excluding hydrogens is 282 g/mol. The molecule has 0 aliphatic carbocycles. The van der Waals surface area contributed by atoms with Crippen molar-refractivity contribution in [2.45, 2.75) is 25.5 Å². The molecule has 0 atom stereocenters. The van der Waals surface area contributed by atoms with Gasteiger partial charge in [0.05, 0.1) is 0 Å². The summed E-state index contributed by atoms with van der Waals surface area (Å²) >= 11 is 5.89. The van der Waals surface area contributed by atoms with Crippen molar-refractivity contribution in [3.05, 3.63) is 65.2 Å². The zero-order valence-corrected chi connectivity index (χ0v) is 12.8. The lowest BCUT2D eigenvalue weighted by atomic mass is 10.1. The third-order valence-corrected chi connectivity index (χ3v) is 4.15. The van der Waals surface area contributed by atoms with Gasteiger partial charge in [-0.15, -0.1) is 0 Å². The van der Waals surface area contributed by atoms with E-state index in [9.17, 15) is 0 Å². The molecular formula is C18H20ClNO. The molecule has 0 saturated carbocycles. The summed E-state index contributed by atoms with van der Waals surface area (Å²) in [7, 11) is 0. The topological polar surface area (TPSA) is 12.5 Å². The maximum absolute atomic E-state index is 6.02. The number of halogens is 1. The summed E-state index contributed by atoms with van der Waals surface area (Å²) in [6.07, 6.45) is 2.48. The third-order valence-electron chi connectivity index (χ3n) is 3.90. The van der Waals surface area contributed by atoms with Gasteiger partial charge in [-0.1, -0.05) is 41.9 Å². The molecule has 0 amide bonds. The molecule has 0 bridgehead atoms. The van der Waals surface area contributed by atoms with E-state index in [1.807, 2.05) is 24.3 Å². The van der Waals surface area contributed by atoms with Gasteiger partial charge in [-0.25, -0.2) is 0 Å². The number of nitrogens with zero attached hydrogens (tertiary/aromatic N) is 1. The Balaban J connectivity index is 1.47. The van der Waals surface area contributed by atoms with Crippen molar-refractivity contribution in [2.24, 2.45) is 0 Å². The first-order valence-electron chi connectivity index (χ1n) is 7.48. The average Bonchev–Trinajstić information content (AvgIpc) is 2.53. The molecule has 110 valence electrons. The van der Waals surface area contributed by atoms with Gasteiger partial charge in [0.2, 0.25) is 0 Å². The van der Waals surface area contributed by atoms with Crippen molar-refractivity contribution in [3.63, 3.8) is 0 Å². The Morgan fingerprint density at radius 1 is 0.952 bits per heavy atom. The van der Waals surface area contributed by atoms with Crippen molar-refractivity contribution in [1.82, 2.24) is 4.90 Å². The standard InChI is InChI=1S/C18H20ClNO/c19-16-6-8-17(9-7-16)21-18-10-12-20(13-11-18)14-15-4-2-1-3-5-15/h1-9,18H,10-14H2. The lowest BCUT2D eigenvalue weighted by molar-refractivity contribution is 0.0968. The maximum atomic E-state index is 6.02. The van der Waals surface area contributed by atoms with E-state index >= 15 is 0 Å². The predicted molar refractivity (Wildman–Crippen MR) is 86.8 cm³/mol. The van der Waals surface area contributed by atoms with Gasteiger partial charge in [-0.05, 0) is 42.7 Å². The van der Waals surface area contributed by atoms with Crippen LogP contribution in [-0.2, 0) is 6.54 Å². The van der Waals surface area contributed by atoms with E-state index < -0.39 is 0 Å². The summed E-state index contributed by atoms with van der Waals surface area (Å²) in [5.41, 5.74) is 1.38. The Hall–Kier alpha value is -1.51. The van der Waals surface area contributed by atoms with E-state index in [0.717, 1.165) is 43.2 Å². The second kappa shape index (κ2) is 6.97. The molecule has 2 aromatic rings. The summed E-state index contributed by atoms with van der Waals surface area (Å²) < 4.78 is 6.02. The fourth-order valence-corrected chi connectivity index (χ4v) is 2.86. The first kappa shape index (κ1) is 14.4. The molecule has 0 N–H and O–H groups in total. The summed E-state index contributed by atoms with van der Waals surface area (Å²) in [4.78, 5) is 2.50. The molecule has 0 unspecified atom stereocenters. The van der Waals surface area contributed by atoms with Gasteiger partial charge >= 0.3 is 0 Å². The number of piperidine rings is 1. The first-order valence-corrected chi connectivity index (χ1v) is 7.86. The van der Waals surface area contributed by atoms with E-state index in [1.165, 1.54) is 5.56 Å². The van der Waals surface area contributed by atoms with E-state index in [0.29, 0.717) is 6.10 Å². The quantitative estimate of drug-likeness (QED) is 0.831. The number of rotatable bonds is 4. The van der Waals surface area contributed by atoms with Crippen LogP contribution in [0.25, 0.3) is 0 Å². The van der Waals surface area contributed by atoms with Crippen molar-refractivity contribution in [1.29, 1.82) is 0 Å². The molecule has 1 heterocycles. The zero-order valence-electron chi connectivity index (χ0n) is 12.0. The lowest BCUT2D eigenvalue weighted by Crippen LogP contribution is -2.37. The highest BCUT2D eigenvalue weighted by atomic mass is 35.5. The molecule has 0 aromatic heterocycles. The monoisotopic (exact) mass is 301 g/mol. The molecule has 3 rings (SSSR count). The Bertz CT molecular complexity index is 547. The van der Waals surface area contributed by atoms with Gasteiger partial charge in [-0.3, -0.25) is 4.90 Å². The molecule has 1 aliphatic heterocycles. The molecule has 1 saturated heterocycles. The van der Waals surface area contributed by atoms with Gasteiger partial charge < -0.3 is 4.74 Å². The van der Waals surface area contributed by atoms with E-state index in [1.54, 1.807) is 0 Å². The Labute approximate surface area is 131 Å². The molecule has 21 heavy (non-hydrogen) atoms. The van der Waals surface area contributed by atoms with Crippen LogP contribution in [-0.4, -0.2) is 24.1 Å². The summed E-state index contributed by atoms with van der Waals surface area (Å²) in [6.45, 7) is 3.22. The minimum Gasteiger partial charge on any atom is -0.490 e. The zero-order chi connectivity index (χ0) is 14.5. The van der Waals surface area contributed by atoms with Crippen LogP contribution >= 0.6 is 11.6 Å². The van der Waals surface area contributed by atoms with Gasteiger partial charge in [-0.2, -0.15) is 0 Å². The van der Waals surface area contributed by atoms with Crippen molar-refractivity contribution >= 4 is 11.6 Å². The molecule has 0 spiro atoms. The Morgan fingerprint density at radius 3 is 2.29 bits per heavy atom. The number of hydrogen-bond donors (Lipinski definition) is 0. The number of benzene rings is 2. The van der Waals surface area contributed by atoms with Crippen LogP contribution in [0.4, 0.5) is 0 Å². The fraction of sp³-hybridized carbons (Fsp3) is 0.333. The highest BCUT2D eigenvalue weighted by Gasteiger charge is 2.20. The highest BCUT2D eigenvalue weighted by molar-refractivity contribution is 6.30. The lowest BCUT2D eigenvalue weighted by Gasteiger charge is -2.32. The molecule has 2 aromatic carbocycles. The smallest absolute Gasteiger partial charge is 0.119 e. The van der Waals surface area contributed by atoms with Gasteiger partial charge in [0.25, 0.3) is 0 Å². The maximum Gasteiger partial charge on any atom is 0.119 e. The van der Waals surface area contributed by atoms with Crippen molar-refractivity contribution < 1.29 is 4.74 Å². The average molecular weight is 302 g/mol. The third kappa shape index (κ3) is 4.23. The Morgan fingerprint density at radius 2 is 1.62 bits per heavy atom. The van der Waals surface area contributed by atoms with Crippen molar-refractivity contribution in [3.8, 4) is 5.75 Å². The van der Waals surface area contributed by atoms with E-state index in [2.05, 4.69) is 35.2 Å². The van der Waals surface area contributed by atoms with E-state index in [4.69, 9.17) is 16.3 Å². The number of hydrogen-bond acceptors (Lipinski definition) is 2. The molecule has 0 radical (unpaired) electrons. The SMILES string of the molecule is Clc1ccc(OC2CCN(Cc3ccccc3)CC2)cc1. The van der Waals surface area contributed by atoms with Crippen LogP contribution in [0, 0.1) is 0 Å². The fourth-order valence-electron chi connectivity index (χ4n) is 2.73. The second-order valence-electron chi connectivity index (χ2n) is 5.53. The second-order valence-corrected chi connectivity index (χ2v) is 5.97. The number of ether oxygens (including phenoxy) is 1. The van der Waals surface area contributed by atoms with Crippen LogP contribution < -0.4 is 4.74 Å². The van der Waals surface area contributed by atoms with Gasteiger partial charge in [0.15, 0.2) is 0 Å². The minimum atomic E-state index is 0.318. The van der Waals surface area contributed by atoms with E-state index in [-0.39, 0.29) is 0 Å². The predicted octanol–water partition coefficient (Wildman–Crippen LogP) is 4.38. The number of likely N-dealkylation sites (tertiary alicyclic amines) is 1.